The van der Waals surface area contributed by atoms with Gasteiger partial charge >= 0.3 is 0 Å². The lowest BCUT2D eigenvalue weighted by Crippen LogP contribution is -2.36. The van der Waals surface area contributed by atoms with Crippen LogP contribution in [0.3, 0.4) is 0 Å². The summed E-state index contributed by atoms with van der Waals surface area (Å²) in [5.41, 5.74) is 2.37. The molecule has 0 aromatic heterocycles. The molecular formula is C23H28BrNO4. The number of carbonyl (C=O) groups excluding carboxylic acids is 1. The zero-order valence-electron chi connectivity index (χ0n) is 17.1. The van der Waals surface area contributed by atoms with Crippen molar-refractivity contribution in [2.75, 3.05) is 26.4 Å². The second-order valence-electron chi connectivity index (χ2n) is 6.88. The molecule has 1 aliphatic heterocycles. The molecule has 156 valence electrons. The lowest BCUT2D eigenvalue weighted by molar-refractivity contribution is -0.132. The first kappa shape index (κ1) is 21.5. The molecule has 3 rings (SSSR count). The van der Waals surface area contributed by atoms with Gasteiger partial charge in [0.2, 0.25) is 5.91 Å². The number of nitrogens with zero attached hydrogens (tertiary/aromatic N) is 1. The Hall–Kier alpha value is -2.21. The van der Waals surface area contributed by atoms with Crippen LogP contribution in [0.4, 0.5) is 0 Å². The molecule has 6 heteroatoms. The van der Waals surface area contributed by atoms with Gasteiger partial charge in [-0.05, 0) is 78.0 Å². The average molecular weight is 462 g/mol. The molecule has 0 atom stereocenters. The van der Waals surface area contributed by atoms with Crippen LogP contribution in [0.5, 0.6) is 17.2 Å². The lowest BCUT2D eigenvalue weighted by atomic mass is 9.98. The Kier molecular flexibility index (Phi) is 7.81. The normalized spacial score (nSPS) is 13.0. The molecule has 1 aliphatic rings. The van der Waals surface area contributed by atoms with Crippen molar-refractivity contribution in [1.82, 2.24) is 4.90 Å². The van der Waals surface area contributed by atoms with Crippen LogP contribution in [-0.2, 0) is 17.8 Å². The first-order valence-electron chi connectivity index (χ1n) is 10.2. The molecule has 1 amide bonds. The highest BCUT2D eigenvalue weighted by molar-refractivity contribution is 9.10. The molecule has 29 heavy (non-hydrogen) atoms. The van der Waals surface area contributed by atoms with E-state index in [4.69, 9.17) is 14.2 Å². The molecule has 0 fully saturated rings. The molecule has 0 bridgehead atoms. The van der Waals surface area contributed by atoms with Gasteiger partial charge in [0.15, 0.2) is 11.5 Å². The van der Waals surface area contributed by atoms with Crippen LogP contribution in [0.25, 0.3) is 0 Å². The number of hydrogen-bond acceptors (Lipinski definition) is 4. The van der Waals surface area contributed by atoms with Gasteiger partial charge in [0.1, 0.15) is 5.75 Å². The summed E-state index contributed by atoms with van der Waals surface area (Å²) in [5.74, 6) is 2.51. The van der Waals surface area contributed by atoms with Crippen LogP contribution in [-0.4, -0.2) is 37.2 Å². The smallest absolute Gasteiger partial charge is 0.223 e. The first-order valence-corrected chi connectivity index (χ1v) is 11.0. The van der Waals surface area contributed by atoms with E-state index in [1.54, 1.807) is 0 Å². The van der Waals surface area contributed by atoms with Crippen molar-refractivity contribution >= 4 is 21.8 Å². The van der Waals surface area contributed by atoms with Gasteiger partial charge in [0, 0.05) is 19.5 Å². The van der Waals surface area contributed by atoms with E-state index < -0.39 is 0 Å². The SMILES string of the molecule is CCOc1cc2c(cc1OCC)CN(C(=O)CCCOc1ccccc1Br)CC2. The summed E-state index contributed by atoms with van der Waals surface area (Å²) in [5, 5.41) is 0. The third kappa shape index (κ3) is 5.66. The number of carbonyl (C=O) groups is 1. The van der Waals surface area contributed by atoms with Gasteiger partial charge in [0.25, 0.3) is 0 Å². The van der Waals surface area contributed by atoms with Crippen molar-refractivity contribution < 1.29 is 19.0 Å². The minimum absolute atomic E-state index is 0.165. The minimum Gasteiger partial charge on any atom is -0.492 e. The number of rotatable bonds is 9. The van der Waals surface area contributed by atoms with Crippen molar-refractivity contribution in [1.29, 1.82) is 0 Å². The standard InChI is InChI=1S/C23H28BrNO4/c1-3-27-21-14-17-11-12-25(16-18(17)15-22(21)28-4-2)23(26)10-7-13-29-20-9-6-5-8-19(20)24/h5-6,8-9,14-15H,3-4,7,10-13,16H2,1-2H3. The van der Waals surface area contributed by atoms with Gasteiger partial charge < -0.3 is 19.1 Å². The summed E-state index contributed by atoms with van der Waals surface area (Å²) in [6, 6.07) is 11.8. The van der Waals surface area contributed by atoms with E-state index in [1.807, 2.05) is 49.1 Å². The molecule has 2 aromatic carbocycles. The Morgan fingerprint density at radius 1 is 1.00 bits per heavy atom. The Balaban J connectivity index is 1.54. The Morgan fingerprint density at radius 3 is 2.38 bits per heavy atom. The minimum atomic E-state index is 0.165. The van der Waals surface area contributed by atoms with E-state index in [1.165, 1.54) is 5.56 Å². The number of fused-ring (bicyclic) bond motifs is 1. The van der Waals surface area contributed by atoms with E-state index in [-0.39, 0.29) is 5.91 Å². The lowest BCUT2D eigenvalue weighted by Gasteiger charge is -2.30. The molecule has 0 N–H and O–H groups in total. The Labute approximate surface area is 181 Å². The fourth-order valence-corrected chi connectivity index (χ4v) is 3.84. The fraction of sp³-hybridized carbons (Fsp3) is 0.435. The van der Waals surface area contributed by atoms with Crippen molar-refractivity contribution in [2.45, 2.75) is 39.7 Å². The first-order chi connectivity index (χ1) is 14.1. The van der Waals surface area contributed by atoms with Crippen LogP contribution in [0.1, 0.15) is 37.8 Å². The average Bonchev–Trinajstić information content (AvgIpc) is 2.72. The number of halogens is 1. The maximum Gasteiger partial charge on any atom is 0.223 e. The predicted octanol–water partition coefficient (Wildman–Crippen LogP) is 4.99. The summed E-state index contributed by atoms with van der Waals surface area (Å²) < 4.78 is 18.1. The van der Waals surface area contributed by atoms with Gasteiger partial charge in [-0.15, -0.1) is 0 Å². The molecule has 0 spiro atoms. The third-order valence-electron chi connectivity index (χ3n) is 4.86. The van der Waals surface area contributed by atoms with E-state index in [0.29, 0.717) is 39.2 Å². The monoisotopic (exact) mass is 461 g/mol. The van der Waals surface area contributed by atoms with Crippen molar-refractivity contribution in [3.8, 4) is 17.2 Å². The zero-order chi connectivity index (χ0) is 20.6. The second-order valence-corrected chi connectivity index (χ2v) is 7.74. The zero-order valence-corrected chi connectivity index (χ0v) is 18.7. The van der Waals surface area contributed by atoms with Gasteiger partial charge in [0.05, 0.1) is 24.3 Å². The van der Waals surface area contributed by atoms with E-state index in [0.717, 1.165) is 40.3 Å². The highest BCUT2D eigenvalue weighted by atomic mass is 79.9. The molecule has 0 aliphatic carbocycles. The van der Waals surface area contributed by atoms with Crippen LogP contribution in [0.15, 0.2) is 40.9 Å². The summed E-state index contributed by atoms with van der Waals surface area (Å²) in [6.45, 7) is 6.98. The maximum atomic E-state index is 12.7. The summed E-state index contributed by atoms with van der Waals surface area (Å²) in [4.78, 5) is 14.6. The molecule has 0 saturated heterocycles. The second kappa shape index (κ2) is 10.5. The number of benzene rings is 2. The Morgan fingerprint density at radius 2 is 1.69 bits per heavy atom. The fourth-order valence-electron chi connectivity index (χ4n) is 3.44. The highest BCUT2D eigenvalue weighted by Gasteiger charge is 2.22. The van der Waals surface area contributed by atoms with Crippen LogP contribution in [0.2, 0.25) is 0 Å². The van der Waals surface area contributed by atoms with Crippen LogP contribution >= 0.6 is 15.9 Å². The molecule has 2 aromatic rings. The Bertz CT molecular complexity index is 840. The van der Waals surface area contributed by atoms with Gasteiger partial charge in [-0.25, -0.2) is 0 Å². The van der Waals surface area contributed by atoms with Crippen molar-refractivity contribution in [3.05, 3.63) is 52.0 Å². The van der Waals surface area contributed by atoms with E-state index in [2.05, 4.69) is 22.0 Å². The summed E-state index contributed by atoms with van der Waals surface area (Å²) >= 11 is 3.47. The number of amides is 1. The molecule has 1 heterocycles. The van der Waals surface area contributed by atoms with Gasteiger partial charge in [-0.3, -0.25) is 4.79 Å². The maximum absolute atomic E-state index is 12.7. The highest BCUT2D eigenvalue weighted by Crippen LogP contribution is 2.34. The van der Waals surface area contributed by atoms with Gasteiger partial charge in [-0.2, -0.15) is 0 Å². The number of ether oxygens (including phenoxy) is 3. The largest absolute Gasteiger partial charge is 0.492 e. The number of para-hydroxylation sites is 1. The van der Waals surface area contributed by atoms with Crippen LogP contribution in [0, 0.1) is 0 Å². The molecule has 5 nitrogen and oxygen atoms in total. The third-order valence-corrected chi connectivity index (χ3v) is 5.51. The molecule has 0 radical (unpaired) electrons. The summed E-state index contributed by atoms with van der Waals surface area (Å²) in [7, 11) is 0. The molecule has 0 unspecified atom stereocenters. The molecular weight excluding hydrogens is 434 g/mol. The van der Waals surface area contributed by atoms with E-state index in [9.17, 15) is 4.79 Å². The topological polar surface area (TPSA) is 48.0 Å². The number of hydrogen-bond donors (Lipinski definition) is 0. The van der Waals surface area contributed by atoms with Crippen LogP contribution < -0.4 is 14.2 Å². The molecule has 0 saturated carbocycles. The van der Waals surface area contributed by atoms with Crippen molar-refractivity contribution in [2.24, 2.45) is 0 Å². The summed E-state index contributed by atoms with van der Waals surface area (Å²) in [6.07, 6.45) is 2.01. The van der Waals surface area contributed by atoms with Crippen molar-refractivity contribution in [3.63, 3.8) is 0 Å². The quantitative estimate of drug-likeness (QED) is 0.493. The predicted molar refractivity (Wildman–Crippen MR) is 117 cm³/mol. The van der Waals surface area contributed by atoms with E-state index >= 15 is 0 Å². The van der Waals surface area contributed by atoms with Gasteiger partial charge in [-0.1, -0.05) is 12.1 Å².